The average Bonchev–Trinajstić information content (AvgIpc) is 3.32. The highest BCUT2D eigenvalue weighted by Crippen LogP contribution is 2.37. The number of aromatic amines is 1. The molecule has 3 N–H and O–H groups in total. The van der Waals surface area contributed by atoms with Crippen LogP contribution >= 0.6 is 0 Å². The highest BCUT2D eigenvalue weighted by atomic mass is 16.5. The second kappa shape index (κ2) is 11.3. The Morgan fingerprint density at radius 3 is 2.72 bits per heavy atom. The van der Waals surface area contributed by atoms with Crippen molar-refractivity contribution in [1.82, 2.24) is 4.98 Å². The minimum Gasteiger partial charge on any atom is -0.495 e. The van der Waals surface area contributed by atoms with Crippen molar-refractivity contribution in [2.75, 3.05) is 12.4 Å². The maximum atomic E-state index is 12.5. The maximum Gasteiger partial charge on any atom is 0.256 e. The third-order valence-corrected chi connectivity index (χ3v) is 4.71. The molecule has 0 bridgehead atoms. The number of unbranched alkanes of at least 4 members (excludes halogenated alkanes) is 2. The van der Waals surface area contributed by atoms with Crippen LogP contribution in [0.3, 0.4) is 0 Å². The van der Waals surface area contributed by atoms with E-state index in [1.54, 1.807) is 25.5 Å². The van der Waals surface area contributed by atoms with Crippen molar-refractivity contribution in [2.24, 2.45) is 0 Å². The van der Waals surface area contributed by atoms with Gasteiger partial charge in [0, 0.05) is 17.4 Å². The first-order chi connectivity index (χ1) is 14.1. The van der Waals surface area contributed by atoms with Gasteiger partial charge in [-0.05, 0) is 30.2 Å². The van der Waals surface area contributed by atoms with Crippen LogP contribution in [-0.2, 0) is 4.79 Å². The first-order valence-corrected chi connectivity index (χ1v) is 10.4. The zero-order valence-corrected chi connectivity index (χ0v) is 17.8. The van der Waals surface area contributed by atoms with E-state index >= 15 is 0 Å². The molecule has 0 saturated carbocycles. The van der Waals surface area contributed by atoms with Gasteiger partial charge in [-0.2, -0.15) is 0 Å². The number of anilines is 1. The van der Waals surface area contributed by atoms with E-state index in [0.717, 1.165) is 48.2 Å². The Hall–Kier alpha value is -2.79. The standard InChI is InChI=1S/C22H26N2O3.C2H6/c1-3-4-5-8-16(25)11-10-15-7-6-9-18-21(15)17(22(26)24-18)14-19-20(27-2)12-13-23-19;1-2/h6-7,9-14,16,23,25H,3-5,8H2,1-2H3,(H,24,26);1-2H3/b11-10?,17-14-;/t16-;/m0./s1. The summed E-state index contributed by atoms with van der Waals surface area (Å²) in [5.41, 5.74) is 3.84. The molecule has 1 aromatic heterocycles. The van der Waals surface area contributed by atoms with Crippen LogP contribution in [0.4, 0.5) is 5.69 Å². The van der Waals surface area contributed by atoms with Gasteiger partial charge in [0.25, 0.3) is 5.91 Å². The Bertz CT molecular complexity index is 865. The fraction of sp³-hybridized carbons (Fsp3) is 0.375. The highest BCUT2D eigenvalue weighted by Gasteiger charge is 2.26. The molecule has 5 heteroatoms. The summed E-state index contributed by atoms with van der Waals surface area (Å²) in [6.45, 7) is 6.15. The topological polar surface area (TPSA) is 74.3 Å². The van der Waals surface area contributed by atoms with Gasteiger partial charge in [0.1, 0.15) is 5.75 Å². The molecular formula is C24H32N2O3. The van der Waals surface area contributed by atoms with Crippen LogP contribution in [0.25, 0.3) is 17.7 Å². The molecular weight excluding hydrogens is 364 g/mol. The van der Waals surface area contributed by atoms with Crippen molar-refractivity contribution in [2.45, 2.75) is 52.6 Å². The molecule has 0 unspecified atom stereocenters. The van der Waals surface area contributed by atoms with E-state index in [1.165, 1.54) is 0 Å². The number of nitrogens with one attached hydrogen (secondary N) is 2. The van der Waals surface area contributed by atoms with Crippen molar-refractivity contribution in [3.05, 3.63) is 53.4 Å². The molecule has 0 spiro atoms. The molecule has 2 heterocycles. The first-order valence-electron chi connectivity index (χ1n) is 10.4. The van der Waals surface area contributed by atoms with Crippen LogP contribution in [0.2, 0.25) is 0 Å². The lowest BCUT2D eigenvalue weighted by Gasteiger charge is -2.07. The summed E-state index contributed by atoms with van der Waals surface area (Å²) in [6, 6.07) is 7.56. The van der Waals surface area contributed by atoms with Gasteiger partial charge >= 0.3 is 0 Å². The van der Waals surface area contributed by atoms with Crippen molar-refractivity contribution < 1.29 is 14.6 Å². The van der Waals surface area contributed by atoms with Crippen LogP contribution < -0.4 is 10.1 Å². The number of aliphatic hydroxyl groups is 1. The van der Waals surface area contributed by atoms with Gasteiger partial charge in [-0.1, -0.05) is 64.3 Å². The lowest BCUT2D eigenvalue weighted by Crippen LogP contribution is -2.03. The van der Waals surface area contributed by atoms with Crippen LogP contribution in [0.5, 0.6) is 5.75 Å². The monoisotopic (exact) mass is 396 g/mol. The minimum atomic E-state index is -0.478. The number of methoxy groups -OCH3 is 1. The van der Waals surface area contributed by atoms with Crippen LogP contribution in [0.1, 0.15) is 63.3 Å². The van der Waals surface area contributed by atoms with Crippen molar-refractivity contribution in [3.63, 3.8) is 0 Å². The largest absolute Gasteiger partial charge is 0.495 e. The number of carbonyl (C=O) groups is 1. The van der Waals surface area contributed by atoms with E-state index in [4.69, 9.17) is 4.74 Å². The van der Waals surface area contributed by atoms with Gasteiger partial charge in [-0.15, -0.1) is 0 Å². The molecule has 156 valence electrons. The Labute approximate surface area is 173 Å². The summed E-state index contributed by atoms with van der Waals surface area (Å²) in [6.07, 6.45) is 10.8. The van der Waals surface area contributed by atoms with Crippen molar-refractivity contribution in [1.29, 1.82) is 0 Å². The van der Waals surface area contributed by atoms with Gasteiger partial charge in [0.05, 0.1) is 24.5 Å². The molecule has 0 aliphatic carbocycles. The maximum absolute atomic E-state index is 12.5. The molecule has 0 saturated heterocycles. The Morgan fingerprint density at radius 1 is 1.21 bits per heavy atom. The third-order valence-electron chi connectivity index (χ3n) is 4.71. The van der Waals surface area contributed by atoms with Crippen LogP contribution in [0, 0.1) is 0 Å². The number of carbonyl (C=O) groups excluding carboxylic acids is 1. The van der Waals surface area contributed by atoms with E-state index in [2.05, 4.69) is 17.2 Å². The summed E-state index contributed by atoms with van der Waals surface area (Å²) in [5, 5.41) is 13.1. The van der Waals surface area contributed by atoms with Crippen LogP contribution in [-0.4, -0.2) is 29.2 Å². The molecule has 1 aromatic carbocycles. The summed E-state index contributed by atoms with van der Waals surface area (Å²) in [4.78, 5) is 15.6. The Balaban J connectivity index is 0.00000145. The van der Waals surface area contributed by atoms with E-state index in [-0.39, 0.29) is 5.91 Å². The normalized spacial score (nSPS) is 15.1. The zero-order chi connectivity index (χ0) is 21.2. The number of aliphatic hydroxyl groups excluding tert-OH is 1. The lowest BCUT2D eigenvalue weighted by molar-refractivity contribution is -0.110. The Morgan fingerprint density at radius 2 is 2.00 bits per heavy atom. The first kappa shape index (κ1) is 22.5. The number of ether oxygens (including phenoxy) is 1. The molecule has 1 atom stereocenters. The Kier molecular flexibility index (Phi) is 8.74. The predicted molar refractivity (Wildman–Crippen MR) is 121 cm³/mol. The lowest BCUT2D eigenvalue weighted by atomic mass is 9.98. The number of amides is 1. The number of H-pyrrole nitrogens is 1. The summed E-state index contributed by atoms with van der Waals surface area (Å²) in [7, 11) is 1.60. The predicted octanol–water partition coefficient (Wildman–Crippen LogP) is 5.50. The smallest absolute Gasteiger partial charge is 0.256 e. The van der Waals surface area contributed by atoms with E-state index in [0.29, 0.717) is 11.3 Å². The molecule has 1 aliphatic rings. The van der Waals surface area contributed by atoms with Gasteiger partial charge in [-0.25, -0.2) is 0 Å². The van der Waals surface area contributed by atoms with Gasteiger partial charge in [0.2, 0.25) is 0 Å². The third kappa shape index (κ3) is 5.61. The van der Waals surface area contributed by atoms with Gasteiger partial charge in [0.15, 0.2) is 0 Å². The fourth-order valence-electron chi connectivity index (χ4n) is 3.27. The number of fused-ring (bicyclic) bond motifs is 1. The van der Waals surface area contributed by atoms with E-state index in [1.807, 2.05) is 44.2 Å². The second-order valence-corrected chi connectivity index (χ2v) is 6.66. The molecule has 3 rings (SSSR count). The zero-order valence-electron chi connectivity index (χ0n) is 17.8. The minimum absolute atomic E-state index is 0.147. The summed E-state index contributed by atoms with van der Waals surface area (Å²) < 4.78 is 5.32. The quantitative estimate of drug-likeness (QED) is 0.408. The molecule has 0 radical (unpaired) electrons. The molecule has 29 heavy (non-hydrogen) atoms. The number of hydrogen-bond donors (Lipinski definition) is 3. The fourth-order valence-corrected chi connectivity index (χ4v) is 3.27. The summed E-state index contributed by atoms with van der Waals surface area (Å²) in [5.74, 6) is 0.536. The molecule has 1 amide bonds. The van der Waals surface area contributed by atoms with E-state index in [9.17, 15) is 9.90 Å². The van der Waals surface area contributed by atoms with Gasteiger partial charge < -0.3 is 20.1 Å². The molecule has 0 fully saturated rings. The van der Waals surface area contributed by atoms with Crippen molar-refractivity contribution >= 4 is 29.3 Å². The number of benzene rings is 1. The number of rotatable bonds is 8. The molecule has 2 aromatic rings. The average molecular weight is 397 g/mol. The van der Waals surface area contributed by atoms with Crippen molar-refractivity contribution in [3.8, 4) is 5.75 Å². The number of hydrogen-bond acceptors (Lipinski definition) is 3. The molecule has 5 nitrogen and oxygen atoms in total. The highest BCUT2D eigenvalue weighted by molar-refractivity contribution is 6.35. The number of aromatic nitrogens is 1. The van der Waals surface area contributed by atoms with Crippen LogP contribution in [0.15, 0.2) is 36.5 Å². The summed E-state index contributed by atoms with van der Waals surface area (Å²) >= 11 is 0. The molecule has 1 aliphatic heterocycles. The SMILES string of the molecule is CC.CCCCC[C@H](O)C=Cc1cccc2c1/C(=C/c1[nH]ccc1OC)C(=O)N2. The van der Waals surface area contributed by atoms with E-state index < -0.39 is 6.10 Å². The second-order valence-electron chi connectivity index (χ2n) is 6.66. The van der Waals surface area contributed by atoms with Gasteiger partial charge in [-0.3, -0.25) is 4.79 Å².